The number of nitrogens with zero attached hydrogens (tertiary/aromatic N) is 2. The van der Waals surface area contributed by atoms with Crippen molar-refractivity contribution in [1.29, 1.82) is 0 Å². The van der Waals surface area contributed by atoms with Gasteiger partial charge in [0, 0.05) is 0 Å². The highest BCUT2D eigenvalue weighted by atomic mass is 32.2. The van der Waals surface area contributed by atoms with Crippen LogP contribution in [0.4, 0.5) is 5.82 Å². The Kier molecular flexibility index (Phi) is 6.18. The van der Waals surface area contributed by atoms with Crippen LogP contribution in [0.2, 0.25) is 0 Å². The number of para-hydroxylation sites is 1. The Labute approximate surface area is 169 Å². The van der Waals surface area contributed by atoms with Crippen LogP contribution >= 0.6 is 0 Å². The van der Waals surface area contributed by atoms with Crippen LogP contribution in [0, 0.1) is 0 Å². The van der Waals surface area contributed by atoms with Gasteiger partial charge in [-0.25, -0.2) is 17.9 Å². The van der Waals surface area contributed by atoms with Crippen molar-refractivity contribution in [2.24, 2.45) is 0 Å². The second kappa shape index (κ2) is 8.78. The minimum atomic E-state index is -3.99. The standard InChI is InChI=1S/C20H21N3O5S/c1-3-27-16-10-12-17(13-11-16)29(25,26)22-19-18(20(24)28-4-2)14-21-23(19)15-8-6-5-7-9-15/h5-14,22H,3-4H2,1-2H3. The normalized spacial score (nSPS) is 11.1. The fraction of sp³-hybridized carbons (Fsp3) is 0.200. The predicted molar refractivity (Wildman–Crippen MR) is 108 cm³/mol. The number of anilines is 1. The molecule has 9 heteroatoms. The van der Waals surface area contributed by atoms with Crippen LogP contribution in [0.25, 0.3) is 5.69 Å². The first-order chi connectivity index (χ1) is 14.0. The van der Waals surface area contributed by atoms with Crippen molar-refractivity contribution >= 4 is 21.8 Å². The Morgan fingerprint density at radius 1 is 1.03 bits per heavy atom. The van der Waals surface area contributed by atoms with Gasteiger partial charge in [0.25, 0.3) is 10.0 Å². The highest BCUT2D eigenvalue weighted by Gasteiger charge is 2.25. The molecule has 0 unspecified atom stereocenters. The van der Waals surface area contributed by atoms with Gasteiger partial charge in [-0.05, 0) is 50.2 Å². The number of benzene rings is 2. The number of aromatic nitrogens is 2. The summed E-state index contributed by atoms with van der Waals surface area (Å²) in [4.78, 5) is 12.3. The number of carbonyl (C=O) groups is 1. The van der Waals surface area contributed by atoms with Crippen molar-refractivity contribution in [2.75, 3.05) is 17.9 Å². The molecule has 3 aromatic rings. The highest BCUT2D eigenvalue weighted by Crippen LogP contribution is 2.25. The topological polar surface area (TPSA) is 99.5 Å². The Balaban J connectivity index is 2.01. The smallest absolute Gasteiger partial charge is 0.343 e. The summed E-state index contributed by atoms with van der Waals surface area (Å²) in [6.07, 6.45) is 1.28. The molecule has 0 amide bonds. The number of rotatable bonds is 8. The summed E-state index contributed by atoms with van der Waals surface area (Å²) < 4.78 is 40.1. The van der Waals surface area contributed by atoms with Crippen molar-refractivity contribution in [2.45, 2.75) is 18.7 Å². The number of nitrogens with one attached hydrogen (secondary N) is 1. The molecular weight excluding hydrogens is 394 g/mol. The molecule has 0 bridgehead atoms. The summed E-state index contributed by atoms with van der Waals surface area (Å²) in [5.74, 6) is -0.101. The van der Waals surface area contributed by atoms with E-state index in [1.54, 1.807) is 43.3 Å². The molecule has 0 fully saturated rings. The van der Waals surface area contributed by atoms with Crippen molar-refractivity contribution in [3.63, 3.8) is 0 Å². The Morgan fingerprint density at radius 3 is 2.34 bits per heavy atom. The van der Waals surface area contributed by atoms with Crippen LogP contribution in [-0.4, -0.2) is 37.4 Å². The molecule has 0 saturated heterocycles. The quantitative estimate of drug-likeness (QED) is 0.567. The maximum Gasteiger partial charge on any atom is 0.343 e. The summed E-state index contributed by atoms with van der Waals surface area (Å²) in [5.41, 5.74) is 0.609. The highest BCUT2D eigenvalue weighted by molar-refractivity contribution is 7.92. The van der Waals surface area contributed by atoms with Gasteiger partial charge in [0.2, 0.25) is 0 Å². The van der Waals surface area contributed by atoms with E-state index in [9.17, 15) is 13.2 Å². The van der Waals surface area contributed by atoms with E-state index < -0.39 is 16.0 Å². The van der Waals surface area contributed by atoms with Gasteiger partial charge >= 0.3 is 5.97 Å². The molecule has 0 aliphatic carbocycles. The lowest BCUT2D eigenvalue weighted by Crippen LogP contribution is -2.18. The first kappa shape index (κ1) is 20.4. The minimum Gasteiger partial charge on any atom is -0.494 e. The molecule has 1 heterocycles. The summed E-state index contributed by atoms with van der Waals surface area (Å²) in [6, 6.07) is 14.9. The molecule has 1 N–H and O–H groups in total. The Hall–Kier alpha value is -3.33. The van der Waals surface area contributed by atoms with Crippen molar-refractivity contribution in [3.05, 3.63) is 66.4 Å². The minimum absolute atomic E-state index is 0.00327. The van der Waals surface area contributed by atoms with Gasteiger partial charge in [0.05, 0.1) is 30.0 Å². The number of hydrogen-bond acceptors (Lipinski definition) is 6. The molecule has 0 radical (unpaired) electrons. The second-order valence-corrected chi connectivity index (χ2v) is 7.57. The van der Waals surface area contributed by atoms with Gasteiger partial charge < -0.3 is 9.47 Å². The van der Waals surface area contributed by atoms with Gasteiger partial charge in [-0.15, -0.1) is 0 Å². The van der Waals surface area contributed by atoms with E-state index in [2.05, 4.69) is 9.82 Å². The molecule has 0 aliphatic rings. The maximum absolute atomic E-state index is 12.9. The first-order valence-electron chi connectivity index (χ1n) is 9.02. The molecule has 0 saturated carbocycles. The predicted octanol–water partition coefficient (Wildman–Crippen LogP) is 3.25. The van der Waals surface area contributed by atoms with Gasteiger partial charge in [-0.2, -0.15) is 5.10 Å². The summed E-state index contributed by atoms with van der Waals surface area (Å²) in [5, 5.41) is 4.17. The molecule has 0 atom stereocenters. The monoisotopic (exact) mass is 415 g/mol. The number of hydrogen-bond donors (Lipinski definition) is 1. The third kappa shape index (κ3) is 4.57. The van der Waals surface area contributed by atoms with Crippen LogP contribution in [0.3, 0.4) is 0 Å². The lowest BCUT2D eigenvalue weighted by atomic mass is 10.3. The molecule has 29 heavy (non-hydrogen) atoms. The van der Waals surface area contributed by atoms with Gasteiger partial charge in [0.1, 0.15) is 11.3 Å². The molecule has 3 rings (SSSR count). The Morgan fingerprint density at radius 2 is 1.72 bits per heavy atom. The van der Waals surface area contributed by atoms with Crippen molar-refractivity contribution in [3.8, 4) is 11.4 Å². The zero-order valence-corrected chi connectivity index (χ0v) is 16.8. The average molecular weight is 415 g/mol. The zero-order valence-electron chi connectivity index (χ0n) is 16.0. The SMILES string of the molecule is CCOC(=O)c1cnn(-c2ccccc2)c1NS(=O)(=O)c1ccc(OCC)cc1. The van der Waals surface area contributed by atoms with Crippen LogP contribution in [0.1, 0.15) is 24.2 Å². The largest absolute Gasteiger partial charge is 0.494 e. The Bertz CT molecular complexity index is 1080. The van der Waals surface area contributed by atoms with Crippen LogP contribution < -0.4 is 9.46 Å². The van der Waals surface area contributed by atoms with Gasteiger partial charge in [-0.3, -0.25) is 4.72 Å². The first-order valence-corrected chi connectivity index (χ1v) is 10.5. The van der Waals surface area contributed by atoms with E-state index in [1.165, 1.54) is 23.0 Å². The van der Waals surface area contributed by atoms with Crippen molar-refractivity contribution in [1.82, 2.24) is 9.78 Å². The van der Waals surface area contributed by atoms with E-state index in [-0.39, 0.29) is 22.9 Å². The lowest BCUT2D eigenvalue weighted by Gasteiger charge is -2.13. The molecule has 1 aromatic heterocycles. The molecule has 0 spiro atoms. The average Bonchev–Trinajstić information content (AvgIpc) is 3.12. The fourth-order valence-electron chi connectivity index (χ4n) is 2.64. The summed E-state index contributed by atoms with van der Waals surface area (Å²) >= 11 is 0. The van der Waals surface area contributed by atoms with E-state index in [1.807, 2.05) is 13.0 Å². The van der Waals surface area contributed by atoms with Gasteiger partial charge in [-0.1, -0.05) is 18.2 Å². The molecule has 0 aliphatic heterocycles. The van der Waals surface area contributed by atoms with Crippen LogP contribution in [0.15, 0.2) is 65.7 Å². The molecule has 8 nitrogen and oxygen atoms in total. The van der Waals surface area contributed by atoms with E-state index in [4.69, 9.17) is 9.47 Å². The second-order valence-electron chi connectivity index (χ2n) is 5.88. The number of sulfonamides is 1. The summed E-state index contributed by atoms with van der Waals surface area (Å²) in [6.45, 7) is 4.14. The lowest BCUT2D eigenvalue weighted by molar-refractivity contribution is 0.0527. The zero-order chi connectivity index (χ0) is 20.9. The number of carbonyl (C=O) groups excluding carboxylic acids is 1. The third-order valence-corrected chi connectivity index (χ3v) is 5.30. The van der Waals surface area contributed by atoms with Crippen molar-refractivity contribution < 1.29 is 22.7 Å². The third-order valence-electron chi connectivity index (χ3n) is 3.94. The van der Waals surface area contributed by atoms with E-state index in [0.717, 1.165) is 0 Å². The molecule has 2 aromatic carbocycles. The number of ether oxygens (including phenoxy) is 2. The fourth-order valence-corrected chi connectivity index (χ4v) is 3.70. The summed E-state index contributed by atoms with van der Waals surface area (Å²) in [7, 11) is -3.99. The van der Waals surface area contributed by atoms with E-state index in [0.29, 0.717) is 18.0 Å². The maximum atomic E-state index is 12.9. The van der Waals surface area contributed by atoms with E-state index >= 15 is 0 Å². The van der Waals surface area contributed by atoms with Crippen LogP contribution in [-0.2, 0) is 14.8 Å². The van der Waals surface area contributed by atoms with Crippen LogP contribution in [0.5, 0.6) is 5.75 Å². The number of esters is 1. The molecule has 152 valence electrons. The molecular formula is C20H21N3O5S. The van der Waals surface area contributed by atoms with Gasteiger partial charge in [0.15, 0.2) is 5.82 Å².